The fraction of sp³-hybridized carbons (Fsp3) is 0.379. The summed E-state index contributed by atoms with van der Waals surface area (Å²) < 4.78 is 4.13. The number of aromatic nitrogens is 4. The molecule has 1 saturated carbocycles. The second-order valence-corrected chi connectivity index (χ2v) is 9.91. The highest BCUT2D eigenvalue weighted by Gasteiger charge is 2.19. The van der Waals surface area contributed by atoms with E-state index in [9.17, 15) is 4.79 Å². The second kappa shape index (κ2) is 11.4. The smallest absolute Gasteiger partial charge is 0.257 e. The minimum atomic E-state index is -0.243. The van der Waals surface area contributed by atoms with Crippen LogP contribution >= 0.6 is 0 Å². The van der Waals surface area contributed by atoms with Crippen LogP contribution in [-0.2, 0) is 19.6 Å². The van der Waals surface area contributed by atoms with Gasteiger partial charge in [0.25, 0.3) is 5.91 Å². The molecule has 1 aliphatic carbocycles. The van der Waals surface area contributed by atoms with Crippen molar-refractivity contribution in [2.75, 3.05) is 12.4 Å². The molecule has 5 rings (SSSR count). The maximum Gasteiger partial charge on any atom is 0.257 e. The molecule has 2 heterocycles. The Labute approximate surface area is 217 Å². The van der Waals surface area contributed by atoms with E-state index in [2.05, 4.69) is 51.1 Å². The summed E-state index contributed by atoms with van der Waals surface area (Å²) in [6.07, 6.45) is 13.0. The molecule has 1 N–H and O–H groups in total. The molecule has 0 aliphatic heterocycles. The zero-order valence-corrected chi connectivity index (χ0v) is 21.3. The highest BCUT2D eigenvalue weighted by atomic mass is 16.1. The highest BCUT2D eigenvalue weighted by molar-refractivity contribution is 6.04. The van der Waals surface area contributed by atoms with E-state index >= 15 is 0 Å². The fourth-order valence-electron chi connectivity index (χ4n) is 5.23. The van der Waals surface area contributed by atoms with E-state index in [0.717, 1.165) is 30.5 Å². The SMILES string of the molecule is CN(Cc1ccc2c(c1)nc(NC(=O)c1ccc(C#N)cc1)n2CCCn1ccnc1)C1CCCCC1. The Hall–Kier alpha value is -3.96. The third-order valence-corrected chi connectivity index (χ3v) is 7.30. The van der Waals surface area contributed by atoms with Crippen molar-refractivity contribution in [3.05, 3.63) is 77.9 Å². The molecule has 8 heteroatoms. The summed E-state index contributed by atoms with van der Waals surface area (Å²) in [6, 6.07) is 15.8. The number of fused-ring (bicyclic) bond motifs is 1. The van der Waals surface area contributed by atoms with Gasteiger partial charge in [0.15, 0.2) is 0 Å². The Morgan fingerprint density at radius 3 is 2.68 bits per heavy atom. The number of rotatable bonds is 9. The molecule has 2 aromatic carbocycles. The molecule has 1 fully saturated rings. The monoisotopic (exact) mass is 495 g/mol. The predicted octanol–water partition coefficient (Wildman–Crippen LogP) is 5.21. The van der Waals surface area contributed by atoms with Crippen LogP contribution in [0.5, 0.6) is 0 Å². The number of imidazole rings is 2. The van der Waals surface area contributed by atoms with Crippen molar-refractivity contribution in [2.45, 2.75) is 64.2 Å². The van der Waals surface area contributed by atoms with Gasteiger partial charge in [-0.05, 0) is 68.3 Å². The van der Waals surface area contributed by atoms with E-state index in [1.807, 2.05) is 17.1 Å². The summed E-state index contributed by atoms with van der Waals surface area (Å²) in [5, 5.41) is 12.1. The molecule has 0 radical (unpaired) electrons. The van der Waals surface area contributed by atoms with Crippen LogP contribution in [0.3, 0.4) is 0 Å². The van der Waals surface area contributed by atoms with Crippen molar-refractivity contribution >= 4 is 22.9 Å². The Kier molecular flexibility index (Phi) is 7.62. The van der Waals surface area contributed by atoms with Crippen molar-refractivity contribution < 1.29 is 4.79 Å². The minimum Gasteiger partial charge on any atom is -0.337 e. The third-order valence-electron chi connectivity index (χ3n) is 7.30. The summed E-state index contributed by atoms with van der Waals surface area (Å²) in [4.78, 5) is 24.5. The highest BCUT2D eigenvalue weighted by Crippen LogP contribution is 2.26. The van der Waals surface area contributed by atoms with Gasteiger partial charge in [0.05, 0.1) is 29.0 Å². The lowest BCUT2D eigenvalue weighted by molar-refractivity contribution is 0.102. The van der Waals surface area contributed by atoms with Crippen LogP contribution in [0.4, 0.5) is 5.95 Å². The van der Waals surface area contributed by atoms with E-state index in [1.54, 1.807) is 30.5 Å². The number of amides is 1. The van der Waals surface area contributed by atoms with Crippen LogP contribution in [-0.4, -0.2) is 43.0 Å². The zero-order valence-electron chi connectivity index (χ0n) is 21.3. The van der Waals surface area contributed by atoms with Gasteiger partial charge in [0.1, 0.15) is 0 Å². The van der Waals surface area contributed by atoms with Crippen LogP contribution in [0.1, 0.15) is 60.0 Å². The first-order chi connectivity index (χ1) is 18.1. The lowest BCUT2D eigenvalue weighted by Gasteiger charge is -2.31. The first-order valence-corrected chi connectivity index (χ1v) is 13.1. The summed E-state index contributed by atoms with van der Waals surface area (Å²) >= 11 is 0. The van der Waals surface area contributed by atoms with Crippen molar-refractivity contribution in [2.24, 2.45) is 0 Å². The summed E-state index contributed by atoms with van der Waals surface area (Å²) in [5.41, 5.74) is 4.13. The minimum absolute atomic E-state index is 0.243. The maximum atomic E-state index is 13.0. The van der Waals surface area contributed by atoms with Gasteiger partial charge in [-0.15, -0.1) is 0 Å². The first kappa shape index (κ1) is 24.7. The summed E-state index contributed by atoms with van der Waals surface area (Å²) in [6.45, 7) is 2.42. The number of anilines is 1. The normalized spacial score (nSPS) is 14.2. The van der Waals surface area contributed by atoms with Crippen molar-refractivity contribution in [1.82, 2.24) is 24.0 Å². The molecule has 1 amide bonds. The molecular formula is C29H33N7O. The number of hydrogen-bond acceptors (Lipinski definition) is 5. The molecule has 0 saturated heterocycles. The zero-order chi connectivity index (χ0) is 25.6. The predicted molar refractivity (Wildman–Crippen MR) is 144 cm³/mol. The largest absolute Gasteiger partial charge is 0.337 e. The Balaban J connectivity index is 1.38. The maximum absolute atomic E-state index is 13.0. The average molecular weight is 496 g/mol. The molecule has 0 bridgehead atoms. The van der Waals surface area contributed by atoms with E-state index in [4.69, 9.17) is 10.2 Å². The van der Waals surface area contributed by atoms with Gasteiger partial charge in [-0.1, -0.05) is 25.3 Å². The summed E-state index contributed by atoms with van der Waals surface area (Å²) in [5.74, 6) is 0.292. The van der Waals surface area contributed by atoms with E-state index in [0.29, 0.717) is 29.7 Å². The fourth-order valence-corrected chi connectivity index (χ4v) is 5.23. The summed E-state index contributed by atoms with van der Waals surface area (Å²) in [7, 11) is 2.22. The molecule has 2 aromatic heterocycles. The van der Waals surface area contributed by atoms with Gasteiger partial charge in [-0.3, -0.25) is 15.0 Å². The topological polar surface area (TPSA) is 91.8 Å². The van der Waals surface area contributed by atoms with Gasteiger partial charge in [0, 0.05) is 43.6 Å². The number of carbonyl (C=O) groups excluding carboxylic acids is 1. The van der Waals surface area contributed by atoms with E-state index in [1.165, 1.54) is 37.7 Å². The van der Waals surface area contributed by atoms with Gasteiger partial charge in [-0.25, -0.2) is 9.97 Å². The molecule has 0 spiro atoms. The van der Waals surface area contributed by atoms with Crippen LogP contribution in [0.15, 0.2) is 61.2 Å². The lowest BCUT2D eigenvalue weighted by atomic mass is 9.94. The number of nitriles is 1. The Morgan fingerprint density at radius 1 is 1.14 bits per heavy atom. The average Bonchev–Trinajstić information content (AvgIpc) is 3.57. The van der Waals surface area contributed by atoms with Crippen LogP contribution in [0.2, 0.25) is 0 Å². The molecule has 37 heavy (non-hydrogen) atoms. The second-order valence-electron chi connectivity index (χ2n) is 9.91. The molecule has 1 aliphatic rings. The third kappa shape index (κ3) is 5.89. The van der Waals surface area contributed by atoms with Crippen molar-refractivity contribution in [1.29, 1.82) is 5.26 Å². The Bertz CT molecular complexity index is 1380. The quantitative estimate of drug-likeness (QED) is 0.344. The van der Waals surface area contributed by atoms with Crippen molar-refractivity contribution in [3.63, 3.8) is 0 Å². The first-order valence-electron chi connectivity index (χ1n) is 13.1. The molecule has 0 atom stereocenters. The Morgan fingerprint density at radius 2 is 1.95 bits per heavy atom. The number of nitrogens with one attached hydrogen (secondary N) is 1. The van der Waals surface area contributed by atoms with Gasteiger partial charge in [0.2, 0.25) is 5.95 Å². The standard InChI is InChI=1S/C29H33N7O/c1-34(25-6-3-2-4-7-25)20-23-10-13-27-26(18-23)32-29(36(27)16-5-15-35-17-14-31-21-35)33-28(37)24-11-8-22(19-30)9-12-24/h8-14,17-18,21,25H,2-7,15-16,20H2,1H3,(H,32,33,37). The number of hydrogen-bond donors (Lipinski definition) is 1. The van der Waals surface area contributed by atoms with Crippen LogP contribution in [0, 0.1) is 11.3 Å². The van der Waals surface area contributed by atoms with Crippen molar-refractivity contribution in [3.8, 4) is 6.07 Å². The number of carbonyl (C=O) groups is 1. The molecule has 4 aromatic rings. The molecule has 8 nitrogen and oxygen atoms in total. The van der Waals surface area contributed by atoms with E-state index < -0.39 is 0 Å². The number of nitrogens with zero attached hydrogens (tertiary/aromatic N) is 6. The van der Waals surface area contributed by atoms with Gasteiger partial charge < -0.3 is 9.13 Å². The number of aryl methyl sites for hydroxylation is 2. The molecule has 0 unspecified atom stereocenters. The van der Waals surface area contributed by atoms with Gasteiger partial charge in [-0.2, -0.15) is 5.26 Å². The number of benzene rings is 2. The van der Waals surface area contributed by atoms with Gasteiger partial charge >= 0.3 is 0 Å². The van der Waals surface area contributed by atoms with E-state index in [-0.39, 0.29) is 5.91 Å². The van der Waals surface area contributed by atoms with Crippen LogP contribution < -0.4 is 5.32 Å². The molecule has 190 valence electrons. The van der Waals surface area contributed by atoms with Crippen LogP contribution in [0.25, 0.3) is 11.0 Å². The molecular weight excluding hydrogens is 462 g/mol. The lowest BCUT2D eigenvalue weighted by Crippen LogP contribution is -2.32.